The number of hydrazine groups is 1. The number of nitrogens with one attached hydrogen (secondary N) is 1. The second-order valence-electron chi connectivity index (χ2n) is 3.52. The van der Waals surface area contributed by atoms with Crippen LogP contribution in [0, 0.1) is 0 Å². The van der Waals surface area contributed by atoms with Crippen molar-refractivity contribution in [1.29, 1.82) is 0 Å². The standard InChI is InChI=1S/C9H21N3O2/c1-8(2)12(5-3-7-13)6-4-9(14)11-10/h8,13H,3-7,10H2,1-2H3,(H,11,14). The Bertz CT molecular complexity index is 162. The molecule has 0 unspecified atom stereocenters. The van der Waals surface area contributed by atoms with E-state index in [0.717, 1.165) is 13.0 Å². The van der Waals surface area contributed by atoms with E-state index < -0.39 is 0 Å². The Labute approximate surface area is 85.2 Å². The first kappa shape index (κ1) is 13.4. The molecule has 0 aliphatic rings. The van der Waals surface area contributed by atoms with Crippen LogP contribution < -0.4 is 11.3 Å². The van der Waals surface area contributed by atoms with Crippen LogP contribution in [0.4, 0.5) is 0 Å². The van der Waals surface area contributed by atoms with Gasteiger partial charge in [0.25, 0.3) is 0 Å². The average molecular weight is 203 g/mol. The molecule has 0 spiro atoms. The molecular weight excluding hydrogens is 182 g/mol. The minimum atomic E-state index is -0.153. The van der Waals surface area contributed by atoms with Crippen molar-refractivity contribution in [2.24, 2.45) is 5.84 Å². The first-order chi connectivity index (χ1) is 6.61. The molecule has 0 saturated heterocycles. The van der Waals surface area contributed by atoms with Crippen molar-refractivity contribution >= 4 is 5.91 Å². The Morgan fingerprint density at radius 1 is 1.50 bits per heavy atom. The third-order valence-corrected chi connectivity index (χ3v) is 2.12. The van der Waals surface area contributed by atoms with Gasteiger partial charge >= 0.3 is 0 Å². The molecule has 84 valence electrons. The lowest BCUT2D eigenvalue weighted by molar-refractivity contribution is -0.121. The number of carbonyl (C=O) groups excluding carboxylic acids is 1. The molecule has 0 aliphatic carbocycles. The summed E-state index contributed by atoms with van der Waals surface area (Å²) in [6.45, 7) is 5.81. The van der Waals surface area contributed by atoms with E-state index in [9.17, 15) is 4.79 Å². The molecule has 0 saturated carbocycles. The van der Waals surface area contributed by atoms with Crippen molar-refractivity contribution in [2.45, 2.75) is 32.7 Å². The molecule has 14 heavy (non-hydrogen) atoms. The lowest BCUT2D eigenvalue weighted by Crippen LogP contribution is -2.37. The van der Waals surface area contributed by atoms with Crippen LogP contribution in [0.25, 0.3) is 0 Å². The fourth-order valence-corrected chi connectivity index (χ4v) is 1.22. The van der Waals surface area contributed by atoms with Crippen LogP contribution in [-0.2, 0) is 4.79 Å². The molecule has 0 atom stereocenters. The second-order valence-corrected chi connectivity index (χ2v) is 3.52. The monoisotopic (exact) mass is 203 g/mol. The van der Waals surface area contributed by atoms with Crippen molar-refractivity contribution in [2.75, 3.05) is 19.7 Å². The van der Waals surface area contributed by atoms with E-state index in [2.05, 4.69) is 24.2 Å². The average Bonchev–Trinajstić information content (AvgIpc) is 2.16. The van der Waals surface area contributed by atoms with Crippen molar-refractivity contribution in [3.8, 4) is 0 Å². The molecule has 0 fully saturated rings. The highest BCUT2D eigenvalue weighted by Gasteiger charge is 2.10. The highest BCUT2D eigenvalue weighted by molar-refractivity contribution is 5.75. The number of nitrogens with zero attached hydrogens (tertiary/aromatic N) is 1. The number of amides is 1. The third kappa shape index (κ3) is 5.90. The van der Waals surface area contributed by atoms with Gasteiger partial charge in [0.1, 0.15) is 0 Å². The van der Waals surface area contributed by atoms with Crippen molar-refractivity contribution in [1.82, 2.24) is 10.3 Å². The van der Waals surface area contributed by atoms with Gasteiger partial charge in [-0.3, -0.25) is 10.2 Å². The van der Waals surface area contributed by atoms with Crippen LogP contribution >= 0.6 is 0 Å². The van der Waals surface area contributed by atoms with Gasteiger partial charge in [0, 0.05) is 32.2 Å². The molecule has 5 heteroatoms. The summed E-state index contributed by atoms with van der Waals surface area (Å²) in [5, 5.41) is 8.69. The summed E-state index contributed by atoms with van der Waals surface area (Å²) in [4.78, 5) is 13.0. The van der Waals surface area contributed by atoms with E-state index >= 15 is 0 Å². The van der Waals surface area contributed by atoms with Gasteiger partial charge in [0.2, 0.25) is 5.91 Å². The van der Waals surface area contributed by atoms with Crippen molar-refractivity contribution in [3.05, 3.63) is 0 Å². The van der Waals surface area contributed by atoms with Crippen LogP contribution in [0.3, 0.4) is 0 Å². The Morgan fingerprint density at radius 2 is 2.14 bits per heavy atom. The molecule has 5 nitrogen and oxygen atoms in total. The van der Waals surface area contributed by atoms with Gasteiger partial charge in [-0.05, 0) is 20.3 Å². The topological polar surface area (TPSA) is 78.6 Å². The molecular formula is C9H21N3O2. The van der Waals surface area contributed by atoms with Gasteiger partial charge in [0.15, 0.2) is 0 Å². The fraction of sp³-hybridized carbons (Fsp3) is 0.889. The summed E-state index contributed by atoms with van der Waals surface area (Å²) in [6, 6.07) is 0.382. The normalized spacial score (nSPS) is 11.0. The summed E-state index contributed by atoms with van der Waals surface area (Å²) in [5.41, 5.74) is 2.10. The number of hydrogen-bond donors (Lipinski definition) is 3. The van der Waals surface area contributed by atoms with Gasteiger partial charge in [-0.15, -0.1) is 0 Å². The van der Waals surface area contributed by atoms with Gasteiger partial charge in [0.05, 0.1) is 0 Å². The van der Waals surface area contributed by atoms with Gasteiger partial charge in [-0.25, -0.2) is 5.84 Å². The van der Waals surface area contributed by atoms with Crippen molar-refractivity contribution < 1.29 is 9.90 Å². The maximum atomic E-state index is 10.9. The first-order valence-corrected chi connectivity index (χ1v) is 4.96. The fourth-order valence-electron chi connectivity index (χ4n) is 1.22. The minimum Gasteiger partial charge on any atom is -0.396 e. The SMILES string of the molecule is CC(C)N(CCCO)CCC(=O)NN. The zero-order chi connectivity index (χ0) is 11.0. The number of nitrogens with two attached hydrogens (primary N) is 1. The molecule has 4 N–H and O–H groups in total. The quantitative estimate of drug-likeness (QED) is 0.295. The highest BCUT2D eigenvalue weighted by atomic mass is 16.3. The molecule has 0 aromatic carbocycles. The first-order valence-electron chi connectivity index (χ1n) is 4.96. The predicted molar refractivity (Wildman–Crippen MR) is 55.4 cm³/mol. The van der Waals surface area contributed by atoms with E-state index in [-0.39, 0.29) is 12.5 Å². The Kier molecular flexibility index (Phi) is 7.37. The van der Waals surface area contributed by atoms with E-state index in [0.29, 0.717) is 19.0 Å². The zero-order valence-corrected chi connectivity index (χ0v) is 8.99. The molecule has 0 aromatic rings. The molecule has 0 aromatic heterocycles. The summed E-state index contributed by atoms with van der Waals surface area (Å²) in [7, 11) is 0. The number of aliphatic hydroxyl groups is 1. The lowest BCUT2D eigenvalue weighted by Gasteiger charge is -2.25. The van der Waals surface area contributed by atoms with Gasteiger partial charge in [-0.1, -0.05) is 0 Å². The van der Waals surface area contributed by atoms with E-state index in [1.54, 1.807) is 0 Å². The maximum Gasteiger partial charge on any atom is 0.235 e. The Morgan fingerprint density at radius 3 is 2.57 bits per heavy atom. The predicted octanol–water partition coefficient (Wildman–Crippen LogP) is -0.541. The third-order valence-electron chi connectivity index (χ3n) is 2.12. The van der Waals surface area contributed by atoms with Crippen LogP contribution in [0.1, 0.15) is 26.7 Å². The van der Waals surface area contributed by atoms with Gasteiger partial charge < -0.3 is 10.0 Å². The smallest absolute Gasteiger partial charge is 0.235 e. The molecule has 0 bridgehead atoms. The van der Waals surface area contributed by atoms with E-state index in [4.69, 9.17) is 10.9 Å². The summed E-state index contributed by atoms with van der Waals surface area (Å²) >= 11 is 0. The summed E-state index contributed by atoms with van der Waals surface area (Å²) in [5.74, 6) is 4.82. The largest absolute Gasteiger partial charge is 0.396 e. The zero-order valence-electron chi connectivity index (χ0n) is 8.99. The second kappa shape index (κ2) is 7.73. The lowest BCUT2D eigenvalue weighted by atomic mass is 10.2. The molecule has 0 rings (SSSR count). The van der Waals surface area contributed by atoms with E-state index in [1.165, 1.54) is 0 Å². The molecule has 1 amide bonds. The molecule has 0 radical (unpaired) electrons. The Hall–Kier alpha value is -0.650. The van der Waals surface area contributed by atoms with E-state index in [1.807, 2.05) is 0 Å². The number of carbonyl (C=O) groups is 1. The number of rotatable bonds is 7. The van der Waals surface area contributed by atoms with Gasteiger partial charge in [-0.2, -0.15) is 0 Å². The highest BCUT2D eigenvalue weighted by Crippen LogP contribution is 2.00. The molecule has 0 heterocycles. The summed E-state index contributed by atoms with van der Waals surface area (Å²) in [6.07, 6.45) is 1.14. The number of hydrogen-bond acceptors (Lipinski definition) is 4. The van der Waals surface area contributed by atoms with Crippen LogP contribution in [0.2, 0.25) is 0 Å². The maximum absolute atomic E-state index is 10.9. The van der Waals surface area contributed by atoms with Crippen LogP contribution in [0.5, 0.6) is 0 Å². The Balaban J connectivity index is 3.78. The van der Waals surface area contributed by atoms with Crippen LogP contribution in [-0.4, -0.2) is 41.7 Å². The number of aliphatic hydroxyl groups excluding tert-OH is 1. The summed E-state index contributed by atoms with van der Waals surface area (Å²) < 4.78 is 0. The minimum absolute atomic E-state index is 0.153. The van der Waals surface area contributed by atoms with Crippen molar-refractivity contribution in [3.63, 3.8) is 0 Å². The van der Waals surface area contributed by atoms with Crippen LogP contribution in [0.15, 0.2) is 0 Å². The molecule has 0 aliphatic heterocycles.